The Morgan fingerprint density at radius 1 is 1.24 bits per heavy atom. The maximum atomic E-state index is 12.5. The van der Waals surface area contributed by atoms with Gasteiger partial charge < -0.3 is 14.5 Å². The minimum absolute atomic E-state index is 0.102. The SMILES string of the molecule is COCc1ccc(OC)c(CN2CCc3c(nc(-c4cnccn4)[nH]c3=O)C2)c1. The van der Waals surface area contributed by atoms with Crippen molar-refractivity contribution in [3.05, 3.63) is 69.5 Å². The van der Waals surface area contributed by atoms with Gasteiger partial charge in [-0.25, -0.2) is 9.97 Å². The molecule has 4 rings (SSSR count). The average molecular weight is 393 g/mol. The molecule has 1 aliphatic rings. The minimum Gasteiger partial charge on any atom is -0.496 e. The van der Waals surface area contributed by atoms with Crippen molar-refractivity contribution < 1.29 is 9.47 Å². The van der Waals surface area contributed by atoms with E-state index in [0.717, 1.165) is 34.7 Å². The molecule has 0 saturated heterocycles. The molecule has 3 heterocycles. The Morgan fingerprint density at radius 3 is 2.90 bits per heavy atom. The lowest BCUT2D eigenvalue weighted by molar-refractivity contribution is 0.184. The number of fused-ring (bicyclic) bond motifs is 1. The zero-order valence-electron chi connectivity index (χ0n) is 16.5. The smallest absolute Gasteiger partial charge is 0.254 e. The van der Waals surface area contributed by atoms with Gasteiger partial charge in [0.1, 0.15) is 11.4 Å². The first kappa shape index (κ1) is 19.2. The van der Waals surface area contributed by atoms with E-state index in [0.29, 0.717) is 37.6 Å². The van der Waals surface area contributed by atoms with E-state index in [1.165, 1.54) is 0 Å². The van der Waals surface area contributed by atoms with Gasteiger partial charge in [0.15, 0.2) is 5.82 Å². The highest BCUT2D eigenvalue weighted by Gasteiger charge is 2.22. The van der Waals surface area contributed by atoms with Gasteiger partial charge in [-0.05, 0) is 24.1 Å². The van der Waals surface area contributed by atoms with E-state index in [9.17, 15) is 4.79 Å². The van der Waals surface area contributed by atoms with Crippen LogP contribution in [0.1, 0.15) is 22.4 Å². The summed E-state index contributed by atoms with van der Waals surface area (Å²) in [5, 5.41) is 0. The summed E-state index contributed by atoms with van der Waals surface area (Å²) < 4.78 is 10.8. The first-order valence-corrected chi connectivity index (χ1v) is 9.43. The Morgan fingerprint density at radius 2 is 2.14 bits per heavy atom. The zero-order valence-corrected chi connectivity index (χ0v) is 16.5. The van der Waals surface area contributed by atoms with Gasteiger partial charge in [0.2, 0.25) is 0 Å². The summed E-state index contributed by atoms with van der Waals surface area (Å²) in [5.41, 5.74) is 4.17. The van der Waals surface area contributed by atoms with Crippen LogP contribution in [0.15, 0.2) is 41.6 Å². The second kappa shape index (κ2) is 8.50. The summed E-state index contributed by atoms with van der Waals surface area (Å²) in [6.45, 7) is 2.62. The van der Waals surface area contributed by atoms with Crippen molar-refractivity contribution in [2.24, 2.45) is 0 Å². The molecule has 1 N–H and O–H groups in total. The maximum Gasteiger partial charge on any atom is 0.254 e. The van der Waals surface area contributed by atoms with E-state index in [-0.39, 0.29) is 5.56 Å². The van der Waals surface area contributed by atoms with Crippen LogP contribution in [0, 0.1) is 0 Å². The van der Waals surface area contributed by atoms with E-state index < -0.39 is 0 Å². The van der Waals surface area contributed by atoms with E-state index in [1.54, 1.807) is 32.8 Å². The third kappa shape index (κ3) is 4.18. The molecule has 0 radical (unpaired) electrons. The molecule has 0 amide bonds. The highest BCUT2D eigenvalue weighted by Crippen LogP contribution is 2.25. The predicted molar refractivity (Wildman–Crippen MR) is 107 cm³/mol. The van der Waals surface area contributed by atoms with Crippen LogP contribution in [-0.4, -0.2) is 45.6 Å². The summed E-state index contributed by atoms with van der Waals surface area (Å²) >= 11 is 0. The third-order valence-corrected chi connectivity index (χ3v) is 5.01. The standard InChI is InChI=1S/C21H23N5O3/c1-28-13-14-3-4-19(29-2)15(9-14)11-26-8-5-16-18(12-26)24-20(25-21(16)27)17-10-22-6-7-23-17/h3-4,6-7,9-10H,5,8,11-13H2,1-2H3,(H,24,25,27). The van der Waals surface area contributed by atoms with Crippen LogP contribution in [0.25, 0.3) is 11.5 Å². The molecule has 0 spiro atoms. The summed E-state index contributed by atoms with van der Waals surface area (Å²) in [6, 6.07) is 6.08. The number of nitrogens with zero attached hydrogens (tertiary/aromatic N) is 4. The highest BCUT2D eigenvalue weighted by molar-refractivity contribution is 5.47. The van der Waals surface area contributed by atoms with Crippen LogP contribution < -0.4 is 10.3 Å². The van der Waals surface area contributed by atoms with Gasteiger partial charge in [0.05, 0.1) is 25.6 Å². The van der Waals surface area contributed by atoms with E-state index in [2.05, 4.69) is 30.9 Å². The fraction of sp³-hybridized carbons (Fsp3) is 0.333. The number of nitrogens with one attached hydrogen (secondary N) is 1. The molecule has 8 nitrogen and oxygen atoms in total. The van der Waals surface area contributed by atoms with Crippen LogP contribution >= 0.6 is 0 Å². The number of rotatable bonds is 6. The molecule has 3 aromatic rings. The molecule has 8 heteroatoms. The lowest BCUT2D eigenvalue weighted by Gasteiger charge is -2.28. The van der Waals surface area contributed by atoms with Gasteiger partial charge in [0.25, 0.3) is 5.56 Å². The molecular formula is C21H23N5O3. The van der Waals surface area contributed by atoms with Gasteiger partial charge >= 0.3 is 0 Å². The first-order chi connectivity index (χ1) is 14.2. The topological polar surface area (TPSA) is 93.2 Å². The summed E-state index contributed by atoms with van der Waals surface area (Å²) in [4.78, 5) is 30.6. The van der Waals surface area contributed by atoms with Crippen LogP contribution in [0.4, 0.5) is 0 Å². The Balaban J connectivity index is 1.60. The molecule has 2 aromatic heterocycles. The first-order valence-electron chi connectivity index (χ1n) is 9.43. The van der Waals surface area contributed by atoms with Gasteiger partial charge in [-0.3, -0.25) is 14.7 Å². The molecule has 0 saturated carbocycles. The van der Waals surface area contributed by atoms with Gasteiger partial charge in [-0.1, -0.05) is 6.07 Å². The number of aromatic nitrogens is 4. The number of methoxy groups -OCH3 is 2. The van der Waals surface area contributed by atoms with Crippen molar-refractivity contribution in [2.75, 3.05) is 20.8 Å². The number of hydrogen-bond donors (Lipinski definition) is 1. The Labute approximate surface area is 168 Å². The average Bonchev–Trinajstić information content (AvgIpc) is 2.74. The molecule has 0 fully saturated rings. The van der Waals surface area contributed by atoms with Crippen LogP contribution in [0.2, 0.25) is 0 Å². The molecule has 0 atom stereocenters. The summed E-state index contributed by atoms with van der Waals surface area (Å²) in [5.74, 6) is 1.29. The highest BCUT2D eigenvalue weighted by atomic mass is 16.5. The molecule has 1 aromatic carbocycles. The van der Waals surface area contributed by atoms with Crippen molar-refractivity contribution in [3.8, 4) is 17.3 Å². The van der Waals surface area contributed by atoms with Crippen molar-refractivity contribution in [2.45, 2.75) is 26.1 Å². The second-order valence-corrected chi connectivity index (χ2v) is 6.97. The van der Waals surface area contributed by atoms with Crippen molar-refractivity contribution >= 4 is 0 Å². The normalized spacial score (nSPS) is 13.9. The van der Waals surface area contributed by atoms with Crippen molar-refractivity contribution in [1.29, 1.82) is 0 Å². The van der Waals surface area contributed by atoms with Gasteiger partial charge in [0, 0.05) is 50.3 Å². The molecule has 29 heavy (non-hydrogen) atoms. The molecular weight excluding hydrogens is 370 g/mol. The second-order valence-electron chi connectivity index (χ2n) is 6.97. The minimum atomic E-state index is -0.102. The summed E-state index contributed by atoms with van der Waals surface area (Å²) in [6.07, 6.45) is 5.42. The largest absolute Gasteiger partial charge is 0.496 e. The Kier molecular flexibility index (Phi) is 5.64. The fourth-order valence-corrected chi connectivity index (χ4v) is 3.62. The Hall–Kier alpha value is -3.10. The van der Waals surface area contributed by atoms with Crippen molar-refractivity contribution in [1.82, 2.24) is 24.8 Å². The fourth-order valence-electron chi connectivity index (χ4n) is 3.62. The lowest BCUT2D eigenvalue weighted by Crippen LogP contribution is -2.35. The summed E-state index contributed by atoms with van der Waals surface area (Å²) in [7, 11) is 3.36. The number of H-pyrrole nitrogens is 1. The molecule has 150 valence electrons. The predicted octanol–water partition coefficient (Wildman–Crippen LogP) is 1.94. The Bertz CT molecular complexity index is 1050. The third-order valence-electron chi connectivity index (χ3n) is 5.01. The van der Waals surface area contributed by atoms with E-state index >= 15 is 0 Å². The quantitative estimate of drug-likeness (QED) is 0.684. The van der Waals surface area contributed by atoms with Gasteiger partial charge in [-0.2, -0.15) is 0 Å². The number of aromatic amines is 1. The zero-order chi connectivity index (χ0) is 20.2. The lowest BCUT2D eigenvalue weighted by atomic mass is 10.0. The maximum absolute atomic E-state index is 12.5. The number of hydrogen-bond acceptors (Lipinski definition) is 7. The van der Waals surface area contributed by atoms with Gasteiger partial charge in [-0.15, -0.1) is 0 Å². The van der Waals surface area contributed by atoms with Crippen LogP contribution in [-0.2, 0) is 30.9 Å². The molecule has 0 bridgehead atoms. The van der Waals surface area contributed by atoms with Crippen LogP contribution in [0.3, 0.4) is 0 Å². The molecule has 0 aliphatic carbocycles. The molecule has 1 aliphatic heterocycles. The van der Waals surface area contributed by atoms with E-state index in [4.69, 9.17) is 9.47 Å². The monoisotopic (exact) mass is 393 g/mol. The number of benzene rings is 1. The van der Waals surface area contributed by atoms with Crippen molar-refractivity contribution in [3.63, 3.8) is 0 Å². The van der Waals surface area contributed by atoms with E-state index in [1.807, 2.05) is 12.1 Å². The number of ether oxygens (including phenoxy) is 2. The molecule has 0 unspecified atom stereocenters. The van der Waals surface area contributed by atoms with Crippen LogP contribution in [0.5, 0.6) is 5.75 Å².